The topological polar surface area (TPSA) is 64.4 Å². The Labute approximate surface area is 139 Å². The fourth-order valence-corrected chi connectivity index (χ4v) is 2.81. The molecule has 0 saturated heterocycles. The second-order valence-corrected chi connectivity index (χ2v) is 6.32. The average Bonchev–Trinajstić information content (AvgIpc) is 2.53. The van der Waals surface area contributed by atoms with Crippen molar-refractivity contribution < 1.29 is 22.7 Å². The second-order valence-electron chi connectivity index (χ2n) is 6.32. The predicted molar refractivity (Wildman–Crippen MR) is 84.0 cm³/mol. The molecule has 1 saturated carbocycles. The van der Waals surface area contributed by atoms with Crippen LogP contribution < -0.4 is 11.1 Å². The maximum atomic E-state index is 12.2. The molecule has 0 radical (unpaired) electrons. The maximum Gasteiger partial charge on any atom is 0.411 e. The summed E-state index contributed by atoms with van der Waals surface area (Å²) in [5.74, 6) is -0.139. The molecule has 1 fully saturated rings. The lowest BCUT2D eigenvalue weighted by Gasteiger charge is -2.31. The summed E-state index contributed by atoms with van der Waals surface area (Å²) < 4.78 is 40.6. The average molecular weight is 344 g/mol. The zero-order valence-electron chi connectivity index (χ0n) is 13.5. The maximum absolute atomic E-state index is 12.2. The summed E-state index contributed by atoms with van der Waals surface area (Å²) in [4.78, 5) is 12.2. The molecule has 0 atom stereocenters. The van der Waals surface area contributed by atoms with Crippen LogP contribution in [0.5, 0.6) is 0 Å². The summed E-state index contributed by atoms with van der Waals surface area (Å²) in [6, 6.07) is 6.90. The van der Waals surface area contributed by atoms with Crippen LogP contribution in [0, 0.1) is 0 Å². The summed E-state index contributed by atoms with van der Waals surface area (Å²) in [7, 11) is 0. The molecular formula is C17H23F3N2O2. The molecule has 24 heavy (non-hydrogen) atoms. The van der Waals surface area contributed by atoms with Crippen LogP contribution in [0.3, 0.4) is 0 Å². The molecular weight excluding hydrogens is 321 g/mol. The standard InChI is InChI=1S/C17H23F3N2O2/c18-17(19,20)12-24-11-14-6-4-13(5-7-14)10-22-15(23)16(21)8-2-1-3-9-16/h4-7H,1-3,8-12,21H2,(H,22,23). The van der Waals surface area contributed by atoms with Crippen LogP contribution >= 0.6 is 0 Å². The molecule has 4 nitrogen and oxygen atoms in total. The van der Waals surface area contributed by atoms with Gasteiger partial charge in [0.2, 0.25) is 5.91 Å². The monoisotopic (exact) mass is 344 g/mol. The van der Waals surface area contributed by atoms with Crippen LogP contribution in [-0.2, 0) is 22.7 Å². The molecule has 1 aromatic carbocycles. The van der Waals surface area contributed by atoms with E-state index in [2.05, 4.69) is 10.1 Å². The van der Waals surface area contributed by atoms with Crippen LogP contribution in [0.25, 0.3) is 0 Å². The van der Waals surface area contributed by atoms with E-state index in [4.69, 9.17) is 5.73 Å². The highest BCUT2D eigenvalue weighted by Gasteiger charge is 2.34. The minimum Gasteiger partial charge on any atom is -0.367 e. The van der Waals surface area contributed by atoms with Gasteiger partial charge in [-0.1, -0.05) is 43.5 Å². The molecule has 7 heteroatoms. The van der Waals surface area contributed by atoms with E-state index < -0.39 is 18.3 Å². The Balaban J connectivity index is 1.78. The van der Waals surface area contributed by atoms with Gasteiger partial charge in [0, 0.05) is 6.54 Å². The van der Waals surface area contributed by atoms with Gasteiger partial charge < -0.3 is 15.8 Å². The summed E-state index contributed by atoms with van der Waals surface area (Å²) in [5.41, 5.74) is 6.90. The fourth-order valence-electron chi connectivity index (χ4n) is 2.81. The molecule has 0 bridgehead atoms. The third kappa shape index (κ3) is 5.79. The minimum absolute atomic E-state index is 0.0991. The van der Waals surface area contributed by atoms with Crippen molar-refractivity contribution in [2.24, 2.45) is 5.73 Å². The number of alkyl halides is 3. The van der Waals surface area contributed by atoms with Gasteiger partial charge in [0.25, 0.3) is 0 Å². The van der Waals surface area contributed by atoms with E-state index in [-0.39, 0.29) is 12.5 Å². The number of ether oxygens (including phenoxy) is 1. The van der Waals surface area contributed by atoms with Crippen LogP contribution in [0.15, 0.2) is 24.3 Å². The second kappa shape index (κ2) is 7.98. The number of hydrogen-bond acceptors (Lipinski definition) is 3. The highest BCUT2D eigenvalue weighted by Crippen LogP contribution is 2.26. The molecule has 3 N–H and O–H groups in total. The number of amides is 1. The minimum atomic E-state index is -4.32. The third-order valence-corrected chi connectivity index (χ3v) is 4.21. The first-order chi connectivity index (χ1) is 11.3. The summed E-state index contributed by atoms with van der Waals surface area (Å²) in [6.07, 6.45) is 0.140. The van der Waals surface area contributed by atoms with Crippen LogP contribution in [-0.4, -0.2) is 24.2 Å². The van der Waals surface area contributed by atoms with Gasteiger partial charge in [0.1, 0.15) is 6.61 Å². The quantitative estimate of drug-likeness (QED) is 0.834. The molecule has 1 aliphatic rings. The van der Waals surface area contributed by atoms with Crippen molar-refractivity contribution >= 4 is 5.91 Å². The van der Waals surface area contributed by atoms with Crippen LogP contribution in [0.1, 0.15) is 43.2 Å². The van der Waals surface area contributed by atoms with E-state index in [0.717, 1.165) is 24.8 Å². The summed E-state index contributed by atoms with van der Waals surface area (Å²) in [5, 5.41) is 2.85. The van der Waals surface area contributed by atoms with Crippen molar-refractivity contribution in [2.75, 3.05) is 6.61 Å². The Hall–Kier alpha value is -1.60. The van der Waals surface area contributed by atoms with Gasteiger partial charge in [-0.15, -0.1) is 0 Å². The van der Waals surface area contributed by atoms with Gasteiger partial charge in [-0.3, -0.25) is 4.79 Å². The highest BCUT2D eigenvalue weighted by molar-refractivity contribution is 5.86. The van der Waals surface area contributed by atoms with E-state index in [1.807, 2.05) is 0 Å². The molecule has 1 amide bonds. The van der Waals surface area contributed by atoms with E-state index in [9.17, 15) is 18.0 Å². The van der Waals surface area contributed by atoms with Gasteiger partial charge in [0.15, 0.2) is 0 Å². The normalized spacial score (nSPS) is 17.5. The fraction of sp³-hybridized carbons (Fsp3) is 0.588. The smallest absolute Gasteiger partial charge is 0.367 e. The first-order valence-corrected chi connectivity index (χ1v) is 8.08. The SMILES string of the molecule is NC1(C(=O)NCc2ccc(COCC(F)(F)F)cc2)CCCCC1. The number of benzene rings is 1. The molecule has 2 rings (SSSR count). The highest BCUT2D eigenvalue weighted by atomic mass is 19.4. The molecule has 1 aromatic rings. The van der Waals surface area contributed by atoms with Gasteiger partial charge in [0.05, 0.1) is 12.1 Å². The number of nitrogens with one attached hydrogen (secondary N) is 1. The zero-order valence-corrected chi connectivity index (χ0v) is 13.5. The number of halogens is 3. The van der Waals surface area contributed by atoms with Gasteiger partial charge in [-0.25, -0.2) is 0 Å². The lowest BCUT2D eigenvalue weighted by atomic mass is 9.82. The summed E-state index contributed by atoms with van der Waals surface area (Å²) in [6.45, 7) is -1.01. The zero-order chi connectivity index (χ0) is 17.6. The van der Waals surface area contributed by atoms with E-state index in [0.29, 0.717) is 24.9 Å². The number of nitrogens with two attached hydrogens (primary N) is 1. The van der Waals surface area contributed by atoms with Crippen molar-refractivity contribution in [3.8, 4) is 0 Å². The number of hydrogen-bond donors (Lipinski definition) is 2. The Morgan fingerprint density at radius 2 is 1.71 bits per heavy atom. The van der Waals surface area contributed by atoms with E-state index in [1.165, 1.54) is 0 Å². The van der Waals surface area contributed by atoms with Crippen LogP contribution in [0.2, 0.25) is 0 Å². The Morgan fingerprint density at radius 3 is 2.29 bits per heavy atom. The van der Waals surface area contributed by atoms with E-state index >= 15 is 0 Å². The lowest BCUT2D eigenvalue weighted by molar-refractivity contribution is -0.176. The van der Waals surface area contributed by atoms with Gasteiger partial charge in [-0.05, 0) is 24.0 Å². The summed E-state index contributed by atoms with van der Waals surface area (Å²) >= 11 is 0. The number of carbonyl (C=O) groups excluding carboxylic acids is 1. The Kier molecular flexibility index (Phi) is 6.23. The van der Waals surface area contributed by atoms with Crippen molar-refractivity contribution in [1.29, 1.82) is 0 Å². The first kappa shape index (κ1) is 18.7. The molecule has 0 aliphatic heterocycles. The molecule has 0 spiro atoms. The largest absolute Gasteiger partial charge is 0.411 e. The number of carbonyl (C=O) groups is 1. The van der Waals surface area contributed by atoms with Crippen molar-refractivity contribution in [3.63, 3.8) is 0 Å². The van der Waals surface area contributed by atoms with Crippen molar-refractivity contribution in [3.05, 3.63) is 35.4 Å². The lowest BCUT2D eigenvalue weighted by Crippen LogP contribution is -2.54. The third-order valence-electron chi connectivity index (χ3n) is 4.21. The molecule has 134 valence electrons. The van der Waals surface area contributed by atoms with Gasteiger partial charge >= 0.3 is 6.18 Å². The van der Waals surface area contributed by atoms with E-state index in [1.54, 1.807) is 24.3 Å². The van der Waals surface area contributed by atoms with Gasteiger partial charge in [-0.2, -0.15) is 13.2 Å². The first-order valence-electron chi connectivity index (χ1n) is 8.08. The number of rotatable bonds is 6. The molecule has 0 unspecified atom stereocenters. The van der Waals surface area contributed by atoms with Crippen molar-refractivity contribution in [1.82, 2.24) is 5.32 Å². The molecule has 0 aromatic heterocycles. The molecule has 0 heterocycles. The van der Waals surface area contributed by atoms with Crippen molar-refractivity contribution in [2.45, 2.75) is 57.0 Å². The predicted octanol–water partition coefficient (Wildman–Crippen LogP) is 3.04. The Morgan fingerprint density at radius 1 is 1.12 bits per heavy atom. The molecule has 1 aliphatic carbocycles. The Bertz CT molecular complexity index is 538. The van der Waals surface area contributed by atoms with Crippen LogP contribution in [0.4, 0.5) is 13.2 Å².